The summed E-state index contributed by atoms with van der Waals surface area (Å²) in [5.41, 5.74) is 0. The molecule has 0 aromatic carbocycles. The van der Waals surface area contributed by atoms with Gasteiger partial charge in [0.1, 0.15) is 17.2 Å². The van der Waals surface area contributed by atoms with Gasteiger partial charge >= 0.3 is 6.18 Å². The Morgan fingerprint density at radius 2 is 2.05 bits per heavy atom. The standard InChI is InChI=1S/C11H13F3N4S/c1-6-4-7-8(18(3)5-11(12,13)14)16-10(15-2)17-9(7)19-6/h4H,5H2,1-3H3,(H,15,16,17). The number of anilines is 2. The van der Waals surface area contributed by atoms with Crippen molar-refractivity contribution < 1.29 is 13.2 Å². The molecule has 0 bridgehead atoms. The van der Waals surface area contributed by atoms with E-state index in [1.54, 1.807) is 7.05 Å². The molecule has 0 aliphatic heterocycles. The highest BCUT2D eigenvalue weighted by Gasteiger charge is 2.30. The van der Waals surface area contributed by atoms with Crippen molar-refractivity contribution in [2.24, 2.45) is 0 Å². The molecule has 0 saturated heterocycles. The predicted octanol–water partition coefficient (Wildman–Crippen LogP) is 3.04. The molecule has 2 rings (SSSR count). The first-order valence-corrected chi connectivity index (χ1v) is 6.35. The first kappa shape index (κ1) is 13.9. The molecule has 0 spiro atoms. The Morgan fingerprint density at radius 1 is 1.37 bits per heavy atom. The summed E-state index contributed by atoms with van der Waals surface area (Å²) in [7, 11) is 3.01. The molecule has 2 heterocycles. The van der Waals surface area contributed by atoms with E-state index in [9.17, 15) is 13.2 Å². The van der Waals surface area contributed by atoms with Crippen LogP contribution in [0.25, 0.3) is 10.2 Å². The van der Waals surface area contributed by atoms with Gasteiger partial charge in [0.25, 0.3) is 0 Å². The molecular formula is C11H13F3N4S. The summed E-state index contributed by atoms with van der Waals surface area (Å²) in [6, 6.07) is 1.81. The summed E-state index contributed by atoms with van der Waals surface area (Å²) in [5, 5.41) is 3.41. The number of hydrogen-bond donors (Lipinski definition) is 1. The molecule has 0 unspecified atom stereocenters. The smallest absolute Gasteiger partial charge is 0.357 e. The van der Waals surface area contributed by atoms with Crippen LogP contribution in [0.4, 0.5) is 24.9 Å². The number of hydrogen-bond acceptors (Lipinski definition) is 5. The number of aromatic nitrogens is 2. The maximum Gasteiger partial charge on any atom is 0.405 e. The van der Waals surface area contributed by atoms with Gasteiger partial charge in [-0.1, -0.05) is 0 Å². The van der Waals surface area contributed by atoms with Gasteiger partial charge < -0.3 is 10.2 Å². The number of nitrogens with zero attached hydrogens (tertiary/aromatic N) is 3. The third-order valence-corrected chi connectivity index (χ3v) is 3.44. The summed E-state index contributed by atoms with van der Waals surface area (Å²) in [6.45, 7) is 0.843. The zero-order valence-electron chi connectivity index (χ0n) is 10.7. The van der Waals surface area contributed by atoms with Crippen molar-refractivity contribution in [2.75, 3.05) is 30.9 Å². The number of thiophene rings is 1. The molecule has 1 N–H and O–H groups in total. The number of fused-ring (bicyclic) bond motifs is 1. The minimum absolute atomic E-state index is 0.288. The third kappa shape index (κ3) is 3.06. The SMILES string of the molecule is CNc1nc(N(C)CC(F)(F)F)c2cc(C)sc2n1. The molecule has 2 aromatic rings. The summed E-state index contributed by atoms with van der Waals surface area (Å²) in [6.07, 6.45) is -4.27. The lowest BCUT2D eigenvalue weighted by Gasteiger charge is -2.20. The molecule has 19 heavy (non-hydrogen) atoms. The Balaban J connectivity index is 2.50. The van der Waals surface area contributed by atoms with Crippen LogP contribution in [0.5, 0.6) is 0 Å². The van der Waals surface area contributed by atoms with Crippen LogP contribution >= 0.6 is 11.3 Å². The van der Waals surface area contributed by atoms with Crippen LogP contribution in [0.1, 0.15) is 4.88 Å². The molecule has 104 valence electrons. The van der Waals surface area contributed by atoms with Gasteiger partial charge in [0.05, 0.1) is 5.39 Å². The van der Waals surface area contributed by atoms with Crippen molar-refractivity contribution in [3.8, 4) is 0 Å². The average Bonchev–Trinajstić information content (AvgIpc) is 2.65. The first-order valence-electron chi connectivity index (χ1n) is 5.54. The predicted molar refractivity (Wildman–Crippen MR) is 71.0 cm³/mol. The van der Waals surface area contributed by atoms with E-state index in [4.69, 9.17) is 0 Å². The van der Waals surface area contributed by atoms with Crippen LogP contribution in [0.2, 0.25) is 0 Å². The van der Waals surface area contributed by atoms with Crippen molar-refractivity contribution in [2.45, 2.75) is 13.1 Å². The lowest BCUT2D eigenvalue weighted by atomic mass is 10.3. The van der Waals surface area contributed by atoms with Crippen LogP contribution in [0.3, 0.4) is 0 Å². The van der Waals surface area contributed by atoms with Crippen molar-refractivity contribution in [3.63, 3.8) is 0 Å². The molecule has 8 heteroatoms. The Kier molecular flexibility index (Phi) is 3.53. The highest BCUT2D eigenvalue weighted by Crippen LogP contribution is 2.32. The lowest BCUT2D eigenvalue weighted by molar-refractivity contribution is -0.119. The second-order valence-electron chi connectivity index (χ2n) is 4.17. The van der Waals surface area contributed by atoms with Crippen molar-refractivity contribution in [1.82, 2.24) is 9.97 Å². The van der Waals surface area contributed by atoms with Crippen molar-refractivity contribution in [3.05, 3.63) is 10.9 Å². The van der Waals surface area contributed by atoms with Gasteiger partial charge in [0, 0.05) is 19.0 Å². The monoisotopic (exact) mass is 290 g/mol. The van der Waals surface area contributed by atoms with Crippen molar-refractivity contribution in [1.29, 1.82) is 0 Å². The van der Waals surface area contributed by atoms with Crippen molar-refractivity contribution >= 4 is 33.3 Å². The van der Waals surface area contributed by atoms with Gasteiger partial charge in [0.15, 0.2) is 0 Å². The Labute approximate surface area is 112 Å². The molecule has 0 aliphatic rings. The zero-order chi connectivity index (χ0) is 14.2. The third-order valence-electron chi connectivity index (χ3n) is 2.50. The van der Waals surface area contributed by atoms with Gasteiger partial charge in [-0.15, -0.1) is 11.3 Å². The number of alkyl halides is 3. The van der Waals surface area contributed by atoms with Gasteiger partial charge in [-0.25, -0.2) is 4.98 Å². The fourth-order valence-corrected chi connectivity index (χ4v) is 2.65. The van der Waals surface area contributed by atoms with E-state index in [-0.39, 0.29) is 5.82 Å². The molecule has 0 aliphatic carbocycles. The molecule has 0 fully saturated rings. The summed E-state index contributed by atoms with van der Waals surface area (Å²) in [5.74, 6) is 0.606. The number of rotatable bonds is 3. The molecule has 0 amide bonds. The van der Waals surface area contributed by atoms with Crippen LogP contribution < -0.4 is 10.2 Å². The Morgan fingerprint density at radius 3 is 2.63 bits per heavy atom. The van der Waals surface area contributed by atoms with E-state index >= 15 is 0 Å². The van der Waals surface area contributed by atoms with Gasteiger partial charge in [-0.05, 0) is 13.0 Å². The minimum atomic E-state index is -4.27. The number of nitrogens with one attached hydrogen (secondary N) is 1. The highest BCUT2D eigenvalue weighted by molar-refractivity contribution is 7.18. The number of aryl methyl sites for hydroxylation is 1. The van der Waals surface area contributed by atoms with E-state index in [0.717, 1.165) is 9.78 Å². The lowest BCUT2D eigenvalue weighted by Crippen LogP contribution is -2.31. The Hall–Kier alpha value is -1.57. The first-order chi connectivity index (χ1) is 8.80. The van der Waals surface area contributed by atoms with Crippen LogP contribution in [-0.4, -0.2) is 36.8 Å². The second kappa shape index (κ2) is 4.84. The van der Waals surface area contributed by atoms with Gasteiger partial charge in [0.2, 0.25) is 5.95 Å². The fraction of sp³-hybridized carbons (Fsp3) is 0.455. The molecular weight excluding hydrogens is 277 g/mol. The summed E-state index contributed by atoms with van der Waals surface area (Å²) in [4.78, 5) is 11.1. The average molecular weight is 290 g/mol. The quantitative estimate of drug-likeness (QED) is 0.943. The van der Waals surface area contributed by atoms with E-state index in [2.05, 4.69) is 15.3 Å². The summed E-state index contributed by atoms with van der Waals surface area (Å²) < 4.78 is 37.4. The van der Waals surface area contributed by atoms with E-state index in [0.29, 0.717) is 16.2 Å². The molecule has 4 nitrogen and oxygen atoms in total. The minimum Gasteiger partial charge on any atom is -0.357 e. The molecule has 0 radical (unpaired) electrons. The maximum atomic E-state index is 12.5. The van der Waals surface area contributed by atoms with Crippen LogP contribution in [0.15, 0.2) is 6.07 Å². The molecule has 2 aromatic heterocycles. The highest BCUT2D eigenvalue weighted by atomic mass is 32.1. The molecule has 0 saturated carbocycles. The molecule has 0 atom stereocenters. The van der Waals surface area contributed by atoms with Gasteiger partial charge in [-0.2, -0.15) is 18.2 Å². The van der Waals surface area contributed by atoms with Crippen LogP contribution in [-0.2, 0) is 0 Å². The summed E-state index contributed by atoms with van der Waals surface area (Å²) >= 11 is 1.43. The largest absolute Gasteiger partial charge is 0.405 e. The number of halogens is 3. The fourth-order valence-electron chi connectivity index (χ4n) is 1.77. The Bertz CT molecular complexity index is 593. The van der Waals surface area contributed by atoms with E-state index in [1.165, 1.54) is 18.4 Å². The maximum absolute atomic E-state index is 12.5. The second-order valence-corrected chi connectivity index (χ2v) is 5.40. The van der Waals surface area contributed by atoms with Crippen LogP contribution in [0, 0.1) is 6.92 Å². The van der Waals surface area contributed by atoms with E-state index < -0.39 is 12.7 Å². The van der Waals surface area contributed by atoms with Gasteiger partial charge in [-0.3, -0.25) is 0 Å². The van der Waals surface area contributed by atoms with E-state index in [1.807, 2.05) is 13.0 Å². The normalized spacial score (nSPS) is 11.9. The topological polar surface area (TPSA) is 41.1 Å². The zero-order valence-corrected chi connectivity index (χ0v) is 11.5.